The molecular formula is C8H11NO2S. The van der Waals surface area contributed by atoms with Crippen LogP contribution in [0.5, 0.6) is 0 Å². The normalized spacial score (nSPS) is 9.58. The van der Waals surface area contributed by atoms with Crippen LogP contribution in [-0.4, -0.2) is 23.5 Å². The predicted molar refractivity (Wildman–Crippen MR) is 50.7 cm³/mol. The first kappa shape index (κ1) is 11.1. The van der Waals surface area contributed by atoms with Gasteiger partial charge in [0.1, 0.15) is 6.61 Å². The van der Waals surface area contributed by atoms with Crippen molar-refractivity contribution in [3.8, 4) is 11.8 Å². The average Bonchev–Trinajstić information content (AvgIpc) is 1.95. The zero-order chi connectivity index (χ0) is 9.61. The molecule has 0 aromatic carbocycles. The van der Waals surface area contributed by atoms with Crippen LogP contribution < -0.4 is 5.73 Å². The molecule has 0 saturated carbocycles. The number of hydrogen-bond donors (Lipinski definition) is 1. The van der Waals surface area contributed by atoms with Crippen LogP contribution in [-0.2, 0) is 9.53 Å². The van der Waals surface area contributed by atoms with Crippen LogP contribution in [0.15, 0.2) is 0 Å². The quantitative estimate of drug-likeness (QED) is 0.381. The molecule has 0 rings (SSSR count). The molecule has 0 unspecified atom stereocenters. The molecule has 0 aromatic rings. The Labute approximate surface area is 77.3 Å². The van der Waals surface area contributed by atoms with E-state index in [0.29, 0.717) is 6.29 Å². The van der Waals surface area contributed by atoms with E-state index in [4.69, 9.17) is 10.5 Å². The summed E-state index contributed by atoms with van der Waals surface area (Å²) in [6.07, 6.45) is 0.613. The highest BCUT2D eigenvalue weighted by Crippen LogP contribution is 1.92. The Balaban J connectivity index is 3.96. The molecular weight excluding hydrogens is 174 g/mol. The van der Waals surface area contributed by atoms with E-state index < -0.39 is 5.54 Å². The Kier molecular flexibility index (Phi) is 4.49. The van der Waals surface area contributed by atoms with Gasteiger partial charge in [0, 0.05) is 0 Å². The van der Waals surface area contributed by atoms with E-state index in [1.165, 1.54) is 0 Å². The van der Waals surface area contributed by atoms with Gasteiger partial charge >= 0.3 is 0 Å². The fourth-order valence-corrected chi connectivity index (χ4v) is 0.477. The third-order valence-corrected chi connectivity index (χ3v) is 0.989. The fourth-order valence-electron chi connectivity index (χ4n) is 0.358. The van der Waals surface area contributed by atoms with Crippen LogP contribution in [0.2, 0.25) is 0 Å². The first-order chi connectivity index (χ1) is 5.45. The van der Waals surface area contributed by atoms with E-state index in [1.54, 1.807) is 13.8 Å². The third-order valence-electron chi connectivity index (χ3n) is 0.769. The molecule has 0 fully saturated rings. The van der Waals surface area contributed by atoms with Crippen molar-refractivity contribution in [1.29, 1.82) is 0 Å². The lowest BCUT2D eigenvalue weighted by molar-refractivity contribution is -0.109. The molecule has 0 aliphatic heterocycles. The molecule has 2 N–H and O–H groups in total. The Morgan fingerprint density at radius 2 is 2.33 bits per heavy atom. The van der Waals surface area contributed by atoms with Gasteiger partial charge in [-0.15, -0.1) is 0 Å². The molecule has 66 valence electrons. The SMILES string of the molecule is CC(C)(N)C#CC(=S)OCC=O. The number of thiocarbonyl (C=S) groups is 1. The lowest BCUT2D eigenvalue weighted by Crippen LogP contribution is -2.29. The first-order valence-corrected chi connectivity index (χ1v) is 3.79. The molecule has 0 aromatic heterocycles. The first-order valence-electron chi connectivity index (χ1n) is 3.38. The lowest BCUT2D eigenvalue weighted by Gasteiger charge is -2.07. The summed E-state index contributed by atoms with van der Waals surface area (Å²) in [5.74, 6) is 5.21. The van der Waals surface area contributed by atoms with Crippen LogP contribution >= 0.6 is 12.2 Å². The predicted octanol–water partition coefficient (Wildman–Crippen LogP) is 0.270. The van der Waals surface area contributed by atoms with Gasteiger partial charge in [0.15, 0.2) is 6.29 Å². The number of carbonyl (C=O) groups is 1. The van der Waals surface area contributed by atoms with Gasteiger partial charge in [-0.05, 0) is 32.0 Å². The lowest BCUT2D eigenvalue weighted by atomic mass is 10.1. The molecule has 0 bridgehead atoms. The van der Waals surface area contributed by atoms with Crippen LogP contribution in [0.25, 0.3) is 0 Å². The largest absolute Gasteiger partial charge is 0.469 e. The summed E-state index contributed by atoms with van der Waals surface area (Å²) in [7, 11) is 0. The standard InChI is InChI=1S/C8H11NO2S/c1-8(2,9)4-3-7(12)11-6-5-10/h5H,6,9H2,1-2H3. The summed E-state index contributed by atoms with van der Waals surface area (Å²) in [6, 6.07) is 0. The molecule has 0 heterocycles. The molecule has 0 spiro atoms. The van der Waals surface area contributed by atoms with Gasteiger partial charge in [-0.1, -0.05) is 5.92 Å². The highest BCUT2D eigenvalue weighted by Gasteiger charge is 2.04. The Bertz CT molecular complexity index is 232. The summed E-state index contributed by atoms with van der Waals surface area (Å²) in [4.78, 5) is 9.85. The average molecular weight is 185 g/mol. The molecule has 0 atom stereocenters. The van der Waals surface area contributed by atoms with Crippen LogP contribution in [0.1, 0.15) is 13.8 Å². The summed E-state index contributed by atoms with van der Waals surface area (Å²) < 4.78 is 4.72. The van der Waals surface area contributed by atoms with Crippen molar-refractivity contribution in [1.82, 2.24) is 0 Å². The summed E-state index contributed by atoms with van der Waals surface area (Å²) in [5, 5.41) is 0.0978. The smallest absolute Gasteiger partial charge is 0.237 e. The molecule has 0 amide bonds. The Morgan fingerprint density at radius 3 is 2.75 bits per heavy atom. The minimum absolute atomic E-state index is 0.0570. The molecule has 12 heavy (non-hydrogen) atoms. The van der Waals surface area contributed by atoms with E-state index in [1.807, 2.05) is 0 Å². The maximum atomic E-state index is 9.85. The van der Waals surface area contributed by atoms with Gasteiger partial charge in [-0.25, -0.2) is 0 Å². The maximum Gasteiger partial charge on any atom is 0.237 e. The van der Waals surface area contributed by atoms with E-state index in [-0.39, 0.29) is 11.7 Å². The van der Waals surface area contributed by atoms with E-state index in [9.17, 15) is 4.79 Å². The fraction of sp³-hybridized carbons (Fsp3) is 0.500. The number of aldehydes is 1. The minimum Gasteiger partial charge on any atom is -0.469 e. The second kappa shape index (κ2) is 4.86. The van der Waals surface area contributed by atoms with Crippen molar-refractivity contribution >= 4 is 23.6 Å². The van der Waals surface area contributed by atoms with E-state index >= 15 is 0 Å². The van der Waals surface area contributed by atoms with Crippen LogP contribution in [0.3, 0.4) is 0 Å². The van der Waals surface area contributed by atoms with Gasteiger partial charge in [0.25, 0.3) is 0 Å². The molecule has 0 radical (unpaired) electrons. The van der Waals surface area contributed by atoms with Gasteiger partial charge < -0.3 is 10.5 Å². The van der Waals surface area contributed by atoms with Gasteiger partial charge in [0.2, 0.25) is 5.05 Å². The third kappa shape index (κ3) is 7.19. The molecule has 3 nitrogen and oxygen atoms in total. The van der Waals surface area contributed by atoms with Gasteiger partial charge in [-0.3, -0.25) is 4.79 Å². The molecule has 0 aliphatic carbocycles. The zero-order valence-electron chi connectivity index (χ0n) is 7.09. The van der Waals surface area contributed by atoms with Gasteiger partial charge in [0.05, 0.1) is 5.54 Å². The highest BCUT2D eigenvalue weighted by molar-refractivity contribution is 7.80. The van der Waals surface area contributed by atoms with Crippen molar-refractivity contribution in [2.75, 3.05) is 6.61 Å². The van der Waals surface area contributed by atoms with E-state index in [0.717, 1.165) is 0 Å². The second-order valence-corrected chi connectivity index (χ2v) is 3.11. The highest BCUT2D eigenvalue weighted by atomic mass is 32.1. The van der Waals surface area contributed by atoms with Crippen molar-refractivity contribution in [2.24, 2.45) is 5.73 Å². The maximum absolute atomic E-state index is 9.85. The zero-order valence-corrected chi connectivity index (χ0v) is 7.90. The number of hydrogen-bond acceptors (Lipinski definition) is 4. The van der Waals surface area contributed by atoms with Crippen molar-refractivity contribution in [3.63, 3.8) is 0 Å². The Morgan fingerprint density at radius 1 is 1.75 bits per heavy atom. The molecule has 4 heteroatoms. The minimum atomic E-state index is -0.589. The number of ether oxygens (including phenoxy) is 1. The van der Waals surface area contributed by atoms with Crippen molar-refractivity contribution < 1.29 is 9.53 Å². The second-order valence-electron chi connectivity index (χ2n) is 2.74. The molecule has 0 aliphatic rings. The topological polar surface area (TPSA) is 52.3 Å². The van der Waals surface area contributed by atoms with Crippen molar-refractivity contribution in [3.05, 3.63) is 0 Å². The summed E-state index contributed by atoms with van der Waals surface area (Å²) in [5.41, 5.74) is 4.97. The monoisotopic (exact) mass is 185 g/mol. The molecule has 0 saturated heterocycles. The van der Waals surface area contributed by atoms with E-state index in [2.05, 4.69) is 24.1 Å². The number of nitrogens with two attached hydrogens (primary N) is 1. The Hall–Kier alpha value is -0.920. The summed E-state index contributed by atoms with van der Waals surface area (Å²) >= 11 is 4.68. The van der Waals surface area contributed by atoms with Gasteiger partial charge in [-0.2, -0.15) is 0 Å². The number of rotatable bonds is 2. The van der Waals surface area contributed by atoms with Crippen LogP contribution in [0, 0.1) is 11.8 Å². The summed E-state index contributed by atoms with van der Waals surface area (Å²) in [6.45, 7) is 3.45. The number of carbonyl (C=O) groups excluding carboxylic acids is 1. The van der Waals surface area contributed by atoms with Crippen molar-refractivity contribution in [2.45, 2.75) is 19.4 Å². The van der Waals surface area contributed by atoms with Crippen LogP contribution in [0.4, 0.5) is 0 Å².